The Morgan fingerprint density at radius 2 is 1.71 bits per heavy atom. The third kappa shape index (κ3) is 11.9. The Hall–Kier alpha value is -0.120. The summed E-state index contributed by atoms with van der Waals surface area (Å²) in [5, 5.41) is 13.5. The van der Waals surface area contributed by atoms with E-state index in [4.69, 9.17) is 4.74 Å². The fourth-order valence-corrected chi connectivity index (χ4v) is 1.14. The second-order valence-electron chi connectivity index (χ2n) is 3.48. The van der Waals surface area contributed by atoms with Crippen LogP contribution in [0.1, 0.15) is 39.0 Å². The highest BCUT2D eigenvalue weighted by Gasteiger charge is 1.90. The van der Waals surface area contributed by atoms with E-state index in [1.165, 1.54) is 19.3 Å². The highest BCUT2D eigenvalue weighted by atomic mass is 16.5. The molecule has 0 unspecified atom stereocenters. The van der Waals surface area contributed by atoms with E-state index in [0.29, 0.717) is 13.0 Å². The molecule has 0 rings (SSSR count). The van der Waals surface area contributed by atoms with Gasteiger partial charge >= 0.3 is 0 Å². The molecule has 0 atom stereocenters. The highest BCUT2D eigenvalue weighted by Crippen LogP contribution is 1.90. The Bertz CT molecular complexity index is 87.3. The third-order valence-corrected chi connectivity index (χ3v) is 2.03. The molecule has 0 aromatic heterocycles. The van der Waals surface area contributed by atoms with Crippen LogP contribution in [0.3, 0.4) is 0 Å². The SMILES string of the molecule is CCCCNCCCCOCCC[O]. The normalized spacial score (nSPS) is 10.7. The average Bonchev–Trinajstić information content (AvgIpc) is 2.21. The van der Waals surface area contributed by atoms with Crippen LogP contribution in [-0.4, -0.2) is 32.9 Å². The molecule has 1 N–H and O–H groups in total. The van der Waals surface area contributed by atoms with Crippen molar-refractivity contribution >= 4 is 0 Å². The summed E-state index contributed by atoms with van der Waals surface area (Å²) in [5.74, 6) is 0. The molecule has 3 heteroatoms. The molecule has 0 saturated carbocycles. The highest BCUT2D eigenvalue weighted by molar-refractivity contribution is 4.47. The van der Waals surface area contributed by atoms with Crippen molar-refractivity contribution in [3.63, 3.8) is 0 Å². The van der Waals surface area contributed by atoms with Gasteiger partial charge in [0.05, 0.1) is 6.61 Å². The van der Waals surface area contributed by atoms with Gasteiger partial charge in [-0.1, -0.05) is 13.3 Å². The van der Waals surface area contributed by atoms with Crippen LogP contribution in [0.5, 0.6) is 0 Å². The first-order valence-corrected chi connectivity index (χ1v) is 5.78. The van der Waals surface area contributed by atoms with Crippen LogP contribution in [0, 0.1) is 0 Å². The topological polar surface area (TPSA) is 41.2 Å². The Morgan fingerprint density at radius 1 is 1.00 bits per heavy atom. The summed E-state index contributed by atoms with van der Waals surface area (Å²) in [5.41, 5.74) is 0. The molecule has 0 aliphatic rings. The van der Waals surface area contributed by atoms with Crippen molar-refractivity contribution in [2.24, 2.45) is 0 Å². The molecule has 0 saturated heterocycles. The molecule has 0 fully saturated rings. The van der Waals surface area contributed by atoms with Gasteiger partial charge in [0.2, 0.25) is 0 Å². The fourth-order valence-electron chi connectivity index (χ4n) is 1.14. The van der Waals surface area contributed by atoms with Gasteiger partial charge in [-0.15, -0.1) is 0 Å². The fraction of sp³-hybridized carbons (Fsp3) is 1.00. The molecule has 0 aromatic carbocycles. The monoisotopic (exact) mass is 202 g/mol. The van der Waals surface area contributed by atoms with E-state index in [9.17, 15) is 5.11 Å². The predicted octanol–water partition coefficient (Wildman–Crippen LogP) is 1.99. The quantitative estimate of drug-likeness (QED) is 0.521. The van der Waals surface area contributed by atoms with Gasteiger partial charge in [-0.05, 0) is 38.8 Å². The van der Waals surface area contributed by atoms with E-state index in [0.717, 1.165) is 26.1 Å². The van der Waals surface area contributed by atoms with Crippen LogP contribution in [0.4, 0.5) is 0 Å². The van der Waals surface area contributed by atoms with Gasteiger partial charge in [0.25, 0.3) is 0 Å². The van der Waals surface area contributed by atoms with Gasteiger partial charge in [0.1, 0.15) is 0 Å². The minimum atomic E-state index is -0.0153. The predicted molar refractivity (Wildman–Crippen MR) is 58.0 cm³/mol. The van der Waals surface area contributed by atoms with Gasteiger partial charge < -0.3 is 10.1 Å². The maximum Gasteiger partial charge on any atom is 0.0844 e. The standard InChI is InChI=1S/C11H24NO2/c1-2-3-7-12-8-4-5-10-14-11-6-9-13/h12H,2-11H2,1H3. The van der Waals surface area contributed by atoms with Gasteiger partial charge in [0.15, 0.2) is 0 Å². The minimum absolute atomic E-state index is 0.0153. The maximum atomic E-state index is 10.1. The Kier molecular flexibility index (Phi) is 12.8. The van der Waals surface area contributed by atoms with Gasteiger partial charge in [-0.2, -0.15) is 0 Å². The summed E-state index contributed by atoms with van der Waals surface area (Å²) in [6, 6.07) is 0. The van der Waals surface area contributed by atoms with Crippen molar-refractivity contribution in [1.82, 2.24) is 5.32 Å². The summed E-state index contributed by atoms with van der Waals surface area (Å²) >= 11 is 0. The van der Waals surface area contributed by atoms with E-state index >= 15 is 0 Å². The van der Waals surface area contributed by atoms with Crippen LogP contribution in [-0.2, 0) is 9.84 Å². The summed E-state index contributed by atoms with van der Waals surface area (Å²) in [7, 11) is 0. The molecule has 14 heavy (non-hydrogen) atoms. The number of unbranched alkanes of at least 4 members (excludes halogenated alkanes) is 2. The molecule has 3 nitrogen and oxygen atoms in total. The number of hydrogen-bond acceptors (Lipinski definition) is 2. The second-order valence-corrected chi connectivity index (χ2v) is 3.48. The molecule has 0 aromatic rings. The lowest BCUT2D eigenvalue weighted by atomic mass is 10.3. The van der Waals surface area contributed by atoms with Crippen molar-refractivity contribution in [3.8, 4) is 0 Å². The van der Waals surface area contributed by atoms with Crippen molar-refractivity contribution in [2.75, 3.05) is 32.9 Å². The number of rotatable bonds is 11. The Labute approximate surface area is 87.8 Å². The lowest BCUT2D eigenvalue weighted by Gasteiger charge is -2.04. The van der Waals surface area contributed by atoms with Crippen LogP contribution >= 0.6 is 0 Å². The van der Waals surface area contributed by atoms with Gasteiger partial charge in [-0.25, -0.2) is 5.11 Å². The van der Waals surface area contributed by atoms with Crippen LogP contribution < -0.4 is 5.32 Å². The smallest absolute Gasteiger partial charge is 0.0844 e. The largest absolute Gasteiger partial charge is 0.381 e. The molecule has 0 aliphatic carbocycles. The Balaban J connectivity index is 2.78. The zero-order valence-corrected chi connectivity index (χ0v) is 9.39. The van der Waals surface area contributed by atoms with Crippen LogP contribution in [0.2, 0.25) is 0 Å². The third-order valence-electron chi connectivity index (χ3n) is 2.03. The Morgan fingerprint density at radius 3 is 2.43 bits per heavy atom. The first-order valence-electron chi connectivity index (χ1n) is 5.78. The van der Waals surface area contributed by atoms with Crippen molar-refractivity contribution in [3.05, 3.63) is 0 Å². The lowest BCUT2D eigenvalue weighted by Crippen LogP contribution is -2.16. The lowest BCUT2D eigenvalue weighted by molar-refractivity contribution is 0.0967. The molecule has 0 aliphatic heterocycles. The van der Waals surface area contributed by atoms with Gasteiger partial charge in [0, 0.05) is 13.2 Å². The number of nitrogens with one attached hydrogen (secondary N) is 1. The van der Waals surface area contributed by atoms with Crippen LogP contribution in [0.25, 0.3) is 0 Å². The molecular weight excluding hydrogens is 178 g/mol. The number of ether oxygens (including phenoxy) is 1. The van der Waals surface area contributed by atoms with Crippen molar-refractivity contribution < 1.29 is 9.84 Å². The van der Waals surface area contributed by atoms with Gasteiger partial charge in [-0.3, -0.25) is 0 Å². The van der Waals surface area contributed by atoms with Crippen molar-refractivity contribution in [2.45, 2.75) is 39.0 Å². The maximum absolute atomic E-state index is 10.1. The first kappa shape index (κ1) is 13.9. The zero-order valence-electron chi connectivity index (χ0n) is 9.39. The summed E-state index contributed by atoms with van der Waals surface area (Å²) in [4.78, 5) is 0. The zero-order chi connectivity index (χ0) is 10.5. The molecular formula is C11H24NO2. The van der Waals surface area contributed by atoms with E-state index in [2.05, 4.69) is 12.2 Å². The second kappa shape index (κ2) is 12.9. The van der Waals surface area contributed by atoms with E-state index in [1.807, 2.05) is 0 Å². The molecule has 0 bridgehead atoms. The first-order chi connectivity index (χ1) is 6.91. The molecule has 85 valence electrons. The van der Waals surface area contributed by atoms with Crippen molar-refractivity contribution in [1.29, 1.82) is 0 Å². The summed E-state index contributed by atoms with van der Waals surface area (Å²) in [6.07, 6.45) is 5.43. The molecule has 0 heterocycles. The molecule has 1 radical (unpaired) electrons. The van der Waals surface area contributed by atoms with Crippen LogP contribution in [0.15, 0.2) is 0 Å². The summed E-state index contributed by atoms with van der Waals surface area (Å²) < 4.78 is 5.27. The van der Waals surface area contributed by atoms with E-state index in [1.54, 1.807) is 0 Å². The van der Waals surface area contributed by atoms with E-state index in [-0.39, 0.29) is 6.61 Å². The minimum Gasteiger partial charge on any atom is -0.381 e. The molecule has 0 spiro atoms. The summed E-state index contributed by atoms with van der Waals surface area (Å²) in [6.45, 7) is 5.84. The average molecular weight is 202 g/mol. The van der Waals surface area contributed by atoms with E-state index < -0.39 is 0 Å². The molecule has 0 amide bonds. The number of hydrogen-bond donors (Lipinski definition) is 1.